The summed E-state index contributed by atoms with van der Waals surface area (Å²) in [5.41, 5.74) is 4.72. The van der Waals surface area contributed by atoms with Gasteiger partial charge >= 0.3 is 0 Å². The molecule has 1 aliphatic rings. The van der Waals surface area contributed by atoms with Crippen molar-refractivity contribution in [2.24, 2.45) is 0 Å². The molecule has 0 amide bonds. The van der Waals surface area contributed by atoms with Crippen LogP contribution in [0.3, 0.4) is 0 Å². The molecule has 1 aromatic carbocycles. The van der Waals surface area contributed by atoms with E-state index in [0.29, 0.717) is 25.3 Å². The van der Waals surface area contributed by atoms with Crippen molar-refractivity contribution in [1.29, 1.82) is 0 Å². The first kappa shape index (κ1) is 17.9. The standard InChI is InChI=1S/C19H23N5O2S/c1-3-24-17-8-11-23(12-16(17)18(22-24)19-20-9-10-21-19)27(25,26)13-15-6-4-14(2)5-7-15/h4-7,9-10H,3,8,11-13H2,1-2H3,(H,20,21). The lowest BCUT2D eigenvalue weighted by Crippen LogP contribution is -2.37. The Kier molecular flexibility index (Phi) is 4.61. The Balaban J connectivity index is 1.64. The van der Waals surface area contributed by atoms with E-state index >= 15 is 0 Å². The Bertz CT molecular complexity index is 1040. The molecule has 0 spiro atoms. The number of imidazole rings is 1. The maximum absolute atomic E-state index is 13.0. The summed E-state index contributed by atoms with van der Waals surface area (Å²) in [5.74, 6) is 0.692. The number of nitrogens with one attached hydrogen (secondary N) is 1. The van der Waals surface area contributed by atoms with E-state index in [1.165, 1.54) is 0 Å². The fraction of sp³-hybridized carbons (Fsp3) is 0.368. The first-order valence-electron chi connectivity index (χ1n) is 9.09. The summed E-state index contributed by atoms with van der Waals surface area (Å²) in [4.78, 5) is 7.39. The van der Waals surface area contributed by atoms with Gasteiger partial charge in [0.2, 0.25) is 10.0 Å². The lowest BCUT2D eigenvalue weighted by atomic mass is 10.1. The molecule has 8 heteroatoms. The molecular weight excluding hydrogens is 362 g/mol. The van der Waals surface area contributed by atoms with Gasteiger partial charge in [-0.2, -0.15) is 9.40 Å². The molecule has 0 saturated heterocycles. The largest absolute Gasteiger partial charge is 0.343 e. The van der Waals surface area contributed by atoms with Gasteiger partial charge in [-0.15, -0.1) is 0 Å². The number of fused-ring (bicyclic) bond motifs is 1. The maximum Gasteiger partial charge on any atom is 0.218 e. The van der Waals surface area contributed by atoms with E-state index in [-0.39, 0.29) is 5.75 Å². The molecule has 0 atom stereocenters. The number of H-pyrrole nitrogens is 1. The van der Waals surface area contributed by atoms with Crippen LogP contribution in [0.2, 0.25) is 0 Å². The van der Waals surface area contributed by atoms with Gasteiger partial charge in [0, 0.05) is 49.7 Å². The maximum atomic E-state index is 13.0. The van der Waals surface area contributed by atoms with Crippen LogP contribution in [-0.2, 0) is 35.3 Å². The minimum Gasteiger partial charge on any atom is -0.343 e. The molecule has 0 fully saturated rings. The summed E-state index contributed by atoms with van der Waals surface area (Å²) in [6.07, 6.45) is 4.09. The highest BCUT2D eigenvalue weighted by Gasteiger charge is 2.32. The third kappa shape index (κ3) is 3.42. The van der Waals surface area contributed by atoms with Crippen LogP contribution < -0.4 is 0 Å². The van der Waals surface area contributed by atoms with Gasteiger partial charge in [0.25, 0.3) is 0 Å². The fourth-order valence-electron chi connectivity index (χ4n) is 3.54. The Hall–Kier alpha value is -2.45. The predicted octanol–water partition coefficient (Wildman–Crippen LogP) is 2.49. The molecule has 0 saturated carbocycles. The highest BCUT2D eigenvalue weighted by atomic mass is 32.2. The second-order valence-electron chi connectivity index (χ2n) is 6.85. The fourth-order valence-corrected chi connectivity index (χ4v) is 5.03. The molecular formula is C19H23N5O2S. The molecule has 4 rings (SSSR count). The average molecular weight is 385 g/mol. The van der Waals surface area contributed by atoms with Crippen LogP contribution in [-0.4, -0.2) is 39.0 Å². The Morgan fingerprint density at radius 2 is 2.00 bits per heavy atom. The number of rotatable bonds is 5. The SMILES string of the molecule is CCn1nc(-c2ncc[nH]2)c2c1CCN(S(=O)(=O)Cc1ccc(C)cc1)C2. The minimum absolute atomic E-state index is 0.0145. The van der Waals surface area contributed by atoms with Crippen molar-refractivity contribution in [3.8, 4) is 11.5 Å². The van der Waals surface area contributed by atoms with E-state index in [1.54, 1.807) is 16.7 Å². The third-order valence-electron chi connectivity index (χ3n) is 4.98. The second kappa shape index (κ2) is 6.94. The summed E-state index contributed by atoms with van der Waals surface area (Å²) in [6.45, 7) is 5.59. The van der Waals surface area contributed by atoms with Crippen LogP contribution in [0.15, 0.2) is 36.7 Å². The summed E-state index contributed by atoms with van der Waals surface area (Å²) < 4.78 is 29.5. The minimum atomic E-state index is -3.41. The molecule has 0 radical (unpaired) electrons. The van der Waals surface area contributed by atoms with Crippen LogP contribution in [0, 0.1) is 6.92 Å². The van der Waals surface area contributed by atoms with Gasteiger partial charge < -0.3 is 4.98 Å². The normalized spacial score (nSPS) is 15.0. The number of aromatic amines is 1. The topological polar surface area (TPSA) is 83.9 Å². The zero-order valence-corrected chi connectivity index (χ0v) is 16.3. The highest BCUT2D eigenvalue weighted by Crippen LogP contribution is 2.30. The second-order valence-corrected chi connectivity index (χ2v) is 8.82. The van der Waals surface area contributed by atoms with E-state index < -0.39 is 10.0 Å². The highest BCUT2D eigenvalue weighted by molar-refractivity contribution is 7.88. The van der Waals surface area contributed by atoms with E-state index in [4.69, 9.17) is 0 Å². The van der Waals surface area contributed by atoms with Crippen LogP contribution in [0.4, 0.5) is 0 Å². The zero-order valence-electron chi connectivity index (χ0n) is 15.5. The van der Waals surface area contributed by atoms with E-state index in [2.05, 4.69) is 15.1 Å². The number of sulfonamides is 1. The first-order valence-corrected chi connectivity index (χ1v) is 10.7. The van der Waals surface area contributed by atoms with E-state index in [9.17, 15) is 8.42 Å². The number of benzene rings is 1. The Morgan fingerprint density at radius 3 is 2.67 bits per heavy atom. The van der Waals surface area contributed by atoms with Crippen molar-refractivity contribution >= 4 is 10.0 Å². The molecule has 0 unspecified atom stereocenters. The lowest BCUT2D eigenvalue weighted by molar-refractivity contribution is 0.383. The van der Waals surface area contributed by atoms with Gasteiger partial charge in [-0.1, -0.05) is 29.8 Å². The predicted molar refractivity (Wildman–Crippen MR) is 103 cm³/mol. The summed E-state index contributed by atoms with van der Waals surface area (Å²) in [5, 5.41) is 4.66. The number of aromatic nitrogens is 4. The van der Waals surface area contributed by atoms with E-state index in [0.717, 1.165) is 34.6 Å². The molecule has 3 heterocycles. The van der Waals surface area contributed by atoms with Crippen molar-refractivity contribution in [3.63, 3.8) is 0 Å². The molecule has 7 nitrogen and oxygen atoms in total. The van der Waals surface area contributed by atoms with Gasteiger partial charge in [0.05, 0.1) is 5.75 Å². The van der Waals surface area contributed by atoms with Crippen LogP contribution in [0.5, 0.6) is 0 Å². The summed E-state index contributed by atoms with van der Waals surface area (Å²) in [6, 6.07) is 7.65. The van der Waals surface area contributed by atoms with Crippen LogP contribution >= 0.6 is 0 Å². The quantitative estimate of drug-likeness (QED) is 0.731. The van der Waals surface area contributed by atoms with Crippen LogP contribution in [0.25, 0.3) is 11.5 Å². The summed E-state index contributed by atoms with van der Waals surface area (Å²) >= 11 is 0. The number of hydrogen-bond donors (Lipinski definition) is 1. The number of aryl methyl sites for hydroxylation is 2. The van der Waals surface area contributed by atoms with Crippen molar-refractivity contribution in [2.75, 3.05) is 6.54 Å². The van der Waals surface area contributed by atoms with Crippen molar-refractivity contribution < 1.29 is 8.42 Å². The van der Waals surface area contributed by atoms with Crippen molar-refractivity contribution in [3.05, 3.63) is 59.0 Å². The van der Waals surface area contributed by atoms with Gasteiger partial charge in [-0.25, -0.2) is 13.4 Å². The molecule has 0 bridgehead atoms. The van der Waals surface area contributed by atoms with Crippen molar-refractivity contribution in [1.82, 2.24) is 24.1 Å². The molecule has 2 aromatic heterocycles. The summed E-state index contributed by atoms with van der Waals surface area (Å²) in [7, 11) is -3.41. The van der Waals surface area contributed by atoms with Gasteiger partial charge in [0.1, 0.15) is 5.69 Å². The van der Waals surface area contributed by atoms with Crippen LogP contribution in [0.1, 0.15) is 29.3 Å². The lowest BCUT2D eigenvalue weighted by Gasteiger charge is -2.27. The number of nitrogens with zero attached hydrogens (tertiary/aromatic N) is 4. The van der Waals surface area contributed by atoms with Gasteiger partial charge in [-0.05, 0) is 19.4 Å². The molecule has 27 heavy (non-hydrogen) atoms. The zero-order chi connectivity index (χ0) is 19.0. The molecule has 3 aromatic rings. The van der Waals surface area contributed by atoms with E-state index in [1.807, 2.05) is 42.8 Å². The Morgan fingerprint density at radius 1 is 1.22 bits per heavy atom. The van der Waals surface area contributed by atoms with Gasteiger partial charge in [0.15, 0.2) is 5.82 Å². The molecule has 1 aliphatic heterocycles. The molecule has 1 N–H and O–H groups in total. The average Bonchev–Trinajstić information content (AvgIpc) is 3.30. The smallest absolute Gasteiger partial charge is 0.218 e. The van der Waals surface area contributed by atoms with Gasteiger partial charge in [-0.3, -0.25) is 4.68 Å². The number of hydrogen-bond acceptors (Lipinski definition) is 4. The molecule has 142 valence electrons. The third-order valence-corrected chi connectivity index (χ3v) is 6.78. The molecule has 0 aliphatic carbocycles. The monoisotopic (exact) mass is 385 g/mol. The van der Waals surface area contributed by atoms with Crippen molar-refractivity contribution in [2.45, 2.75) is 39.1 Å². The Labute approximate surface area is 159 Å². The first-order chi connectivity index (χ1) is 13.0.